The van der Waals surface area contributed by atoms with Crippen molar-refractivity contribution < 1.29 is 27.9 Å². The van der Waals surface area contributed by atoms with Crippen molar-refractivity contribution in [3.05, 3.63) is 29.8 Å². The molecular formula is C17H24N2O6S. The number of sulfonamides is 1. The maximum Gasteiger partial charge on any atom is 0.335 e. The van der Waals surface area contributed by atoms with Crippen LogP contribution in [0.4, 0.5) is 0 Å². The summed E-state index contributed by atoms with van der Waals surface area (Å²) < 4.78 is 32.8. The van der Waals surface area contributed by atoms with Crippen LogP contribution in [0.25, 0.3) is 0 Å². The van der Waals surface area contributed by atoms with Crippen molar-refractivity contribution in [2.75, 3.05) is 19.6 Å². The van der Waals surface area contributed by atoms with Gasteiger partial charge in [0.1, 0.15) is 0 Å². The summed E-state index contributed by atoms with van der Waals surface area (Å²) in [5, 5.41) is 8.86. The van der Waals surface area contributed by atoms with Gasteiger partial charge in [-0.05, 0) is 52.0 Å². The molecule has 1 amide bonds. The van der Waals surface area contributed by atoms with Gasteiger partial charge in [-0.1, -0.05) is 0 Å². The Morgan fingerprint density at radius 3 is 2.08 bits per heavy atom. The van der Waals surface area contributed by atoms with E-state index in [0.717, 1.165) is 0 Å². The molecule has 0 spiro atoms. The minimum absolute atomic E-state index is 0.0159. The summed E-state index contributed by atoms with van der Waals surface area (Å²) >= 11 is 0. The lowest BCUT2D eigenvalue weighted by molar-refractivity contribution is -0.187. The SMILES string of the molecule is CC1(C)CN(C(=O)CNS(=O)(=O)c2ccc(C(=O)O)cc2)CC(C)(C)O1. The summed E-state index contributed by atoms with van der Waals surface area (Å²) in [6.07, 6.45) is 0. The third kappa shape index (κ3) is 5.03. The Hall–Kier alpha value is -1.97. The van der Waals surface area contributed by atoms with Gasteiger partial charge in [0.05, 0.1) is 28.2 Å². The maximum absolute atomic E-state index is 12.5. The highest BCUT2D eigenvalue weighted by Crippen LogP contribution is 2.28. The van der Waals surface area contributed by atoms with Crippen molar-refractivity contribution in [1.82, 2.24) is 9.62 Å². The van der Waals surface area contributed by atoms with Gasteiger partial charge in [0.2, 0.25) is 15.9 Å². The molecule has 0 atom stereocenters. The number of rotatable bonds is 5. The van der Waals surface area contributed by atoms with E-state index in [-0.39, 0.29) is 22.9 Å². The molecule has 1 saturated heterocycles. The van der Waals surface area contributed by atoms with E-state index < -0.39 is 27.2 Å². The lowest BCUT2D eigenvalue weighted by atomic mass is 9.99. The number of benzene rings is 1. The van der Waals surface area contributed by atoms with E-state index in [1.807, 2.05) is 27.7 Å². The zero-order valence-corrected chi connectivity index (χ0v) is 16.1. The summed E-state index contributed by atoms with van der Waals surface area (Å²) in [5.74, 6) is -1.49. The van der Waals surface area contributed by atoms with Crippen LogP contribution in [-0.2, 0) is 19.6 Å². The summed E-state index contributed by atoms with van der Waals surface area (Å²) in [6.45, 7) is 7.86. The Morgan fingerprint density at radius 1 is 1.12 bits per heavy atom. The lowest BCUT2D eigenvalue weighted by Crippen LogP contribution is -2.59. The van der Waals surface area contributed by atoms with Crippen molar-refractivity contribution in [3.8, 4) is 0 Å². The van der Waals surface area contributed by atoms with E-state index >= 15 is 0 Å². The lowest BCUT2D eigenvalue weighted by Gasteiger charge is -2.47. The average Bonchev–Trinajstić information content (AvgIpc) is 2.49. The molecule has 1 fully saturated rings. The molecule has 1 heterocycles. The number of hydrogen-bond donors (Lipinski definition) is 2. The zero-order chi connectivity index (χ0) is 19.8. The minimum Gasteiger partial charge on any atom is -0.478 e. The van der Waals surface area contributed by atoms with Crippen molar-refractivity contribution in [2.45, 2.75) is 43.8 Å². The van der Waals surface area contributed by atoms with Crippen LogP contribution in [-0.4, -0.2) is 61.1 Å². The number of carbonyl (C=O) groups excluding carboxylic acids is 1. The number of hydrogen-bond acceptors (Lipinski definition) is 5. The molecule has 0 aromatic heterocycles. The average molecular weight is 384 g/mol. The fourth-order valence-electron chi connectivity index (χ4n) is 3.09. The second-order valence-corrected chi connectivity index (χ2v) is 9.29. The molecule has 0 bridgehead atoms. The number of carbonyl (C=O) groups is 2. The third-order valence-corrected chi connectivity index (χ3v) is 5.29. The Balaban J connectivity index is 2.04. The number of ether oxygens (including phenoxy) is 1. The Morgan fingerprint density at radius 2 is 1.62 bits per heavy atom. The van der Waals surface area contributed by atoms with E-state index in [0.29, 0.717) is 13.1 Å². The van der Waals surface area contributed by atoms with Crippen molar-refractivity contribution in [3.63, 3.8) is 0 Å². The molecule has 8 nitrogen and oxygen atoms in total. The first-order valence-corrected chi connectivity index (χ1v) is 9.61. The quantitative estimate of drug-likeness (QED) is 0.785. The highest BCUT2D eigenvalue weighted by molar-refractivity contribution is 7.89. The van der Waals surface area contributed by atoms with Gasteiger partial charge in [0.25, 0.3) is 0 Å². The molecule has 26 heavy (non-hydrogen) atoms. The molecule has 144 valence electrons. The predicted molar refractivity (Wildman–Crippen MR) is 94.4 cm³/mol. The first-order valence-electron chi connectivity index (χ1n) is 8.12. The highest BCUT2D eigenvalue weighted by atomic mass is 32.2. The zero-order valence-electron chi connectivity index (χ0n) is 15.3. The Labute approximate surface area is 153 Å². The van der Waals surface area contributed by atoms with Gasteiger partial charge in [-0.25, -0.2) is 17.9 Å². The van der Waals surface area contributed by atoms with Crippen molar-refractivity contribution >= 4 is 21.9 Å². The smallest absolute Gasteiger partial charge is 0.335 e. The molecule has 0 unspecified atom stereocenters. The standard InChI is InChI=1S/C17H24N2O6S/c1-16(2)10-19(11-17(3,4)25-16)14(20)9-18-26(23,24)13-7-5-12(6-8-13)15(21)22/h5-8,18H,9-11H2,1-4H3,(H,21,22). The summed E-state index contributed by atoms with van der Waals surface area (Å²) in [6, 6.07) is 4.78. The maximum atomic E-state index is 12.5. The van der Waals surface area contributed by atoms with Crippen LogP contribution in [0.1, 0.15) is 38.1 Å². The molecule has 0 aliphatic carbocycles. The van der Waals surface area contributed by atoms with Gasteiger partial charge in [-0.15, -0.1) is 0 Å². The molecule has 2 rings (SSSR count). The summed E-state index contributed by atoms with van der Waals surface area (Å²) in [4.78, 5) is 24.8. The predicted octanol–water partition coefficient (Wildman–Crippen LogP) is 1.08. The fraction of sp³-hybridized carbons (Fsp3) is 0.529. The number of nitrogens with one attached hydrogen (secondary N) is 1. The molecule has 1 aromatic rings. The summed E-state index contributed by atoms with van der Waals surface area (Å²) in [5.41, 5.74) is -1.07. The first kappa shape index (κ1) is 20.3. The number of carboxylic acids is 1. The molecule has 1 aromatic carbocycles. The van der Waals surface area contributed by atoms with Gasteiger partial charge < -0.3 is 14.7 Å². The van der Waals surface area contributed by atoms with Crippen LogP contribution in [0.15, 0.2) is 29.2 Å². The molecular weight excluding hydrogens is 360 g/mol. The molecule has 0 radical (unpaired) electrons. The number of amides is 1. The molecule has 9 heteroatoms. The van der Waals surface area contributed by atoms with Crippen LogP contribution >= 0.6 is 0 Å². The van der Waals surface area contributed by atoms with Crippen LogP contribution in [0.2, 0.25) is 0 Å². The fourth-order valence-corrected chi connectivity index (χ4v) is 4.07. The highest BCUT2D eigenvalue weighted by Gasteiger charge is 2.39. The number of morpholine rings is 1. The van der Waals surface area contributed by atoms with Crippen LogP contribution in [0.5, 0.6) is 0 Å². The van der Waals surface area contributed by atoms with Crippen LogP contribution in [0.3, 0.4) is 0 Å². The molecule has 0 saturated carbocycles. The van der Waals surface area contributed by atoms with E-state index in [2.05, 4.69) is 4.72 Å². The second kappa shape index (κ2) is 6.98. The van der Waals surface area contributed by atoms with E-state index in [9.17, 15) is 18.0 Å². The van der Waals surface area contributed by atoms with Gasteiger partial charge >= 0.3 is 5.97 Å². The largest absolute Gasteiger partial charge is 0.478 e. The monoisotopic (exact) mass is 384 g/mol. The van der Waals surface area contributed by atoms with Crippen molar-refractivity contribution in [2.24, 2.45) is 0 Å². The number of aromatic carboxylic acids is 1. The van der Waals surface area contributed by atoms with Gasteiger partial charge in [0, 0.05) is 13.1 Å². The topological polar surface area (TPSA) is 113 Å². The van der Waals surface area contributed by atoms with Gasteiger partial charge in [-0.2, -0.15) is 0 Å². The Kier molecular flexibility index (Phi) is 5.46. The third-order valence-electron chi connectivity index (χ3n) is 3.87. The van der Waals surface area contributed by atoms with Crippen molar-refractivity contribution in [1.29, 1.82) is 0 Å². The van der Waals surface area contributed by atoms with Gasteiger partial charge in [0.15, 0.2) is 0 Å². The minimum atomic E-state index is -3.92. The molecule has 2 N–H and O–H groups in total. The van der Waals surface area contributed by atoms with Crippen LogP contribution < -0.4 is 4.72 Å². The normalized spacial score (nSPS) is 19.2. The summed E-state index contributed by atoms with van der Waals surface area (Å²) in [7, 11) is -3.92. The van der Waals surface area contributed by atoms with Crippen LogP contribution in [0, 0.1) is 0 Å². The number of carboxylic acid groups (broad SMARTS) is 1. The van der Waals surface area contributed by atoms with Gasteiger partial charge in [-0.3, -0.25) is 4.79 Å². The molecule has 1 aliphatic heterocycles. The van der Waals surface area contributed by atoms with E-state index in [1.165, 1.54) is 24.3 Å². The Bertz CT molecular complexity index is 783. The van der Waals surface area contributed by atoms with E-state index in [1.54, 1.807) is 4.90 Å². The first-order chi connectivity index (χ1) is 11.8. The molecule has 1 aliphatic rings. The second-order valence-electron chi connectivity index (χ2n) is 7.53. The number of nitrogens with zero attached hydrogens (tertiary/aromatic N) is 1. The van der Waals surface area contributed by atoms with E-state index in [4.69, 9.17) is 9.84 Å².